The Morgan fingerprint density at radius 3 is 1.88 bits per heavy atom. The average Bonchev–Trinajstić information content (AvgIpc) is 3.56. The smallest absolute Gasteiger partial charge is 0.150 e. The van der Waals surface area contributed by atoms with E-state index in [-0.39, 0.29) is 5.41 Å². The number of pyridine rings is 1. The molecule has 1 aliphatic rings. The number of carbonyl (C=O) groups excluding carboxylic acids is 1. The first-order valence-electron chi connectivity index (χ1n) is 21.6. The number of hydrogen-bond donors (Lipinski definition) is 2. The van der Waals surface area contributed by atoms with Gasteiger partial charge in [0, 0.05) is 24.8 Å². The van der Waals surface area contributed by atoms with E-state index in [9.17, 15) is 4.79 Å². The number of nitrogen functional groups attached to an aromatic ring is 1. The van der Waals surface area contributed by atoms with Gasteiger partial charge in [-0.2, -0.15) is 0 Å². The number of hydrogen-bond acceptors (Lipinski definition) is 5. The SMILES string of the molecule is C1CCC1.CC.CC.CC.CCC(C)C.CCC(C)COCC(C)(C)CC=O.CCCCCCc1ccc2c(c1)nc(N)c1[nH]c(CCCC)nc12. The van der Waals surface area contributed by atoms with E-state index in [0.717, 1.165) is 78.7 Å². The molecule has 52 heavy (non-hydrogen) atoms. The molecule has 0 radical (unpaired) electrons. The van der Waals surface area contributed by atoms with Gasteiger partial charge in [-0.05, 0) is 48.1 Å². The number of aromatic amines is 1. The second-order valence-corrected chi connectivity index (χ2v) is 14.4. The van der Waals surface area contributed by atoms with Gasteiger partial charge in [0.2, 0.25) is 0 Å². The fourth-order valence-electron chi connectivity index (χ4n) is 4.42. The van der Waals surface area contributed by atoms with E-state index in [0.29, 0.717) is 24.8 Å². The molecule has 6 heteroatoms. The number of benzene rings is 1. The van der Waals surface area contributed by atoms with Gasteiger partial charge in [0.05, 0.1) is 12.1 Å². The number of imidazole rings is 1. The summed E-state index contributed by atoms with van der Waals surface area (Å²) in [5.41, 5.74) is 10.3. The van der Waals surface area contributed by atoms with Gasteiger partial charge in [0.15, 0.2) is 0 Å². The fraction of sp³-hybridized carbons (Fsp3) is 0.761. The van der Waals surface area contributed by atoms with Crippen molar-refractivity contribution in [2.24, 2.45) is 17.3 Å². The van der Waals surface area contributed by atoms with Crippen molar-refractivity contribution in [2.75, 3.05) is 18.9 Å². The number of carbonyl (C=O) groups is 1. The molecule has 1 aliphatic carbocycles. The van der Waals surface area contributed by atoms with E-state index in [2.05, 4.69) is 90.5 Å². The Labute approximate surface area is 323 Å². The molecule has 0 spiro atoms. The third kappa shape index (κ3) is 25.5. The van der Waals surface area contributed by atoms with Crippen LogP contribution in [0.3, 0.4) is 0 Å². The topological polar surface area (TPSA) is 93.9 Å². The number of nitrogens with zero attached hydrogens (tertiary/aromatic N) is 2. The van der Waals surface area contributed by atoms with Crippen LogP contribution in [0.2, 0.25) is 0 Å². The molecular weight excluding hydrogens is 641 g/mol. The summed E-state index contributed by atoms with van der Waals surface area (Å²) < 4.78 is 5.54. The Morgan fingerprint density at radius 1 is 0.827 bits per heavy atom. The van der Waals surface area contributed by atoms with Gasteiger partial charge in [-0.15, -0.1) is 0 Å². The molecule has 2 heterocycles. The normalized spacial score (nSPS) is 12.0. The molecule has 0 saturated heterocycles. The molecule has 0 amide bonds. The highest BCUT2D eigenvalue weighted by atomic mass is 16.5. The summed E-state index contributed by atoms with van der Waals surface area (Å²) in [5.74, 6) is 3.06. The Morgan fingerprint density at radius 2 is 1.40 bits per heavy atom. The number of aryl methyl sites for hydroxylation is 2. The van der Waals surface area contributed by atoms with Gasteiger partial charge in [-0.1, -0.05) is 180 Å². The largest absolute Gasteiger partial charge is 0.382 e. The quantitative estimate of drug-likeness (QED) is 0.113. The van der Waals surface area contributed by atoms with E-state index < -0.39 is 0 Å². The highest BCUT2D eigenvalue weighted by Gasteiger charge is 2.17. The summed E-state index contributed by atoms with van der Waals surface area (Å²) in [5, 5.41) is 1.09. The van der Waals surface area contributed by atoms with Crippen LogP contribution in [-0.4, -0.2) is 34.5 Å². The third-order valence-electron chi connectivity index (χ3n) is 8.70. The van der Waals surface area contributed by atoms with Crippen LogP contribution < -0.4 is 5.73 Å². The van der Waals surface area contributed by atoms with Crippen LogP contribution in [0.1, 0.15) is 199 Å². The van der Waals surface area contributed by atoms with Crippen molar-refractivity contribution in [1.29, 1.82) is 0 Å². The maximum absolute atomic E-state index is 10.3. The molecule has 6 nitrogen and oxygen atoms in total. The van der Waals surface area contributed by atoms with Crippen molar-refractivity contribution in [3.05, 3.63) is 29.6 Å². The summed E-state index contributed by atoms with van der Waals surface area (Å²) in [7, 11) is 0. The van der Waals surface area contributed by atoms with Crippen LogP contribution >= 0.6 is 0 Å². The molecule has 3 N–H and O–H groups in total. The van der Waals surface area contributed by atoms with Crippen molar-refractivity contribution in [3.8, 4) is 0 Å². The molecule has 0 bridgehead atoms. The van der Waals surface area contributed by atoms with Gasteiger partial charge in [0.25, 0.3) is 0 Å². The summed E-state index contributed by atoms with van der Waals surface area (Å²) in [6.07, 6.45) is 19.5. The number of rotatable bonds is 16. The van der Waals surface area contributed by atoms with Crippen molar-refractivity contribution >= 4 is 34.0 Å². The second-order valence-electron chi connectivity index (χ2n) is 14.4. The average molecular weight is 729 g/mol. The number of ether oxygens (including phenoxy) is 1. The van der Waals surface area contributed by atoms with Crippen molar-refractivity contribution in [3.63, 3.8) is 0 Å². The van der Waals surface area contributed by atoms with Crippen LogP contribution in [0.15, 0.2) is 18.2 Å². The zero-order valence-corrected chi connectivity index (χ0v) is 37.3. The molecule has 1 atom stereocenters. The minimum atomic E-state index is -0.00475. The number of H-pyrrole nitrogens is 1. The Hall–Kier alpha value is -2.47. The predicted octanol–water partition coefficient (Wildman–Crippen LogP) is 14.5. The molecule has 1 aromatic carbocycles. The zero-order chi connectivity index (χ0) is 40.4. The van der Waals surface area contributed by atoms with E-state index in [4.69, 9.17) is 15.5 Å². The molecule has 1 saturated carbocycles. The van der Waals surface area contributed by atoms with Crippen molar-refractivity contribution < 1.29 is 9.53 Å². The van der Waals surface area contributed by atoms with Gasteiger partial charge < -0.3 is 20.2 Å². The first-order valence-corrected chi connectivity index (χ1v) is 21.6. The highest BCUT2D eigenvalue weighted by molar-refractivity contribution is 6.06. The lowest BCUT2D eigenvalue weighted by Crippen LogP contribution is -2.21. The standard InChI is InChI=1S/C20H28N4.C11H22O2.C5H12.C4H8.3C2H6/c1-3-5-7-8-9-14-11-12-15-16(13-14)22-20(21)19-18(15)23-17(24-19)10-6-4-2;1-5-10(2)8-13-9-11(3,4)6-7-12;1-4-5(2)3;1-2-4-3-1;3*1-2/h11-13H,3-10H2,1-2H3,(H2,21,22)(H,23,24);7,10H,5-6,8-9H2,1-4H3;5H,4H2,1-3H3;1-4H2;3*1-2H3. The van der Waals surface area contributed by atoms with E-state index >= 15 is 0 Å². The maximum Gasteiger partial charge on any atom is 0.150 e. The number of fused-ring (bicyclic) bond motifs is 3. The molecule has 1 unspecified atom stereocenters. The summed E-state index contributed by atoms with van der Waals surface area (Å²) in [6.45, 7) is 33.0. The molecule has 2 aromatic heterocycles. The van der Waals surface area contributed by atoms with Crippen LogP contribution in [0.4, 0.5) is 5.82 Å². The number of nitrogens with two attached hydrogens (primary N) is 1. The third-order valence-corrected chi connectivity index (χ3v) is 8.70. The van der Waals surface area contributed by atoms with Gasteiger partial charge in [-0.3, -0.25) is 0 Å². The number of nitrogens with one attached hydrogen (secondary N) is 1. The van der Waals surface area contributed by atoms with Gasteiger partial charge in [0.1, 0.15) is 29.0 Å². The van der Waals surface area contributed by atoms with Crippen LogP contribution in [0.25, 0.3) is 21.9 Å². The van der Waals surface area contributed by atoms with E-state index in [1.807, 2.05) is 41.5 Å². The monoisotopic (exact) mass is 729 g/mol. The van der Waals surface area contributed by atoms with Crippen LogP contribution in [-0.2, 0) is 22.4 Å². The lowest BCUT2D eigenvalue weighted by Gasteiger charge is -2.22. The van der Waals surface area contributed by atoms with Crippen LogP contribution in [0, 0.1) is 17.3 Å². The molecule has 4 rings (SSSR count). The van der Waals surface area contributed by atoms with Crippen molar-refractivity contribution in [2.45, 2.75) is 200 Å². The minimum absolute atomic E-state index is 0.00475. The summed E-state index contributed by atoms with van der Waals surface area (Å²) in [6, 6.07) is 6.55. The molecule has 1 fully saturated rings. The first kappa shape index (κ1) is 53.9. The second kappa shape index (κ2) is 35.6. The maximum atomic E-state index is 10.3. The van der Waals surface area contributed by atoms with Gasteiger partial charge >= 0.3 is 0 Å². The Bertz CT molecular complexity index is 1210. The molecular formula is C46H88N4O2. The van der Waals surface area contributed by atoms with E-state index in [1.54, 1.807) is 0 Å². The summed E-state index contributed by atoms with van der Waals surface area (Å²) >= 11 is 0. The highest BCUT2D eigenvalue weighted by Crippen LogP contribution is 2.28. The fourth-order valence-corrected chi connectivity index (χ4v) is 4.42. The molecule has 304 valence electrons. The van der Waals surface area contributed by atoms with Crippen LogP contribution in [0.5, 0.6) is 0 Å². The number of aldehydes is 1. The lowest BCUT2D eigenvalue weighted by molar-refractivity contribution is -0.110. The number of anilines is 1. The predicted molar refractivity (Wildman–Crippen MR) is 235 cm³/mol. The number of unbranched alkanes of at least 4 members (excludes halogenated alkanes) is 4. The Balaban J connectivity index is -0.000000718. The molecule has 0 aliphatic heterocycles. The lowest BCUT2D eigenvalue weighted by atomic mass is 9.91. The molecule has 3 aromatic rings. The van der Waals surface area contributed by atoms with E-state index in [1.165, 1.54) is 63.4 Å². The summed E-state index contributed by atoms with van der Waals surface area (Å²) in [4.78, 5) is 23.1. The Kier molecular flexibility index (Phi) is 36.8. The number of aromatic nitrogens is 3. The zero-order valence-electron chi connectivity index (χ0n) is 37.3. The first-order chi connectivity index (χ1) is 25.0. The van der Waals surface area contributed by atoms with Crippen molar-refractivity contribution in [1.82, 2.24) is 15.0 Å². The minimum Gasteiger partial charge on any atom is -0.382 e. The van der Waals surface area contributed by atoms with Gasteiger partial charge in [-0.25, -0.2) is 9.97 Å².